The number of aliphatic carboxylic acids is 1. The maximum absolute atomic E-state index is 13.5. The zero-order chi connectivity index (χ0) is 12.3. The molecule has 0 radical (unpaired) electrons. The van der Waals surface area contributed by atoms with E-state index in [1.165, 1.54) is 7.11 Å². The Morgan fingerprint density at radius 1 is 1.69 bits per heavy atom. The van der Waals surface area contributed by atoms with Gasteiger partial charge in [-0.25, -0.2) is 4.39 Å². The van der Waals surface area contributed by atoms with Crippen molar-refractivity contribution in [3.05, 3.63) is 15.2 Å². The predicted octanol–water partition coefficient (Wildman–Crippen LogP) is 0.183. The molecule has 0 aliphatic heterocycles. The van der Waals surface area contributed by atoms with Crippen LogP contribution in [-0.2, 0) is 11.2 Å². The van der Waals surface area contributed by atoms with Gasteiger partial charge in [0, 0.05) is 6.42 Å². The van der Waals surface area contributed by atoms with Crippen molar-refractivity contribution >= 4 is 28.6 Å². The van der Waals surface area contributed by atoms with Crippen LogP contribution in [0.25, 0.3) is 0 Å². The van der Waals surface area contributed by atoms with E-state index in [0.717, 1.165) is 0 Å². The van der Waals surface area contributed by atoms with E-state index in [2.05, 4.69) is 9.97 Å². The SMILES string of the molecule is COc1nc(I)c(F)c(CC(N)C(=O)O)n1. The van der Waals surface area contributed by atoms with Gasteiger partial charge in [0.2, 0.25) is 0 Å². The number of nitrogens with zero attached hydrogens (tertiary/aromatic N) is 2. The second-order valence-corrected chi connectivity index (χ2v) is 3.93. The van der Waals surface area contributed by atoms with Crippen LogP contribution < -0.4 is 10.5 Å². The predicted molar refractivity (Wildman–Crippen MR) is 60.6 cm³/mol. The Hall–Kier alpha value is -1.03. The van der Waals surface area contributed by atoms with Gasteiger partial charge in [-0.05, 0) is 22.6 Å². The molecule has 0 saturated heterocycles. The number of ether oxygens (including phenoxy) is 1. The molecule has 0 aliphatic carbocycles. The summed E-state index contributed by atoms with van der Waals surface area (Å²) in [5.74, 6) is -1.88. The summed E-state index contributed by atoms with van der Waals surface area (Å²) in [5, 5.41) is 8.61. The molecule has 3 N–H and O–H groups in total. The van der Waals surface area contributed by atoms with Crippen LogP contribution in [0, 0.1) is 9.52 Å². The van der Waals surface area contributed by atoms with Gasteiger partial charge in [0.25, 0.3) is 0 Å². The Balaban J connectivity index is 3.03. The van der Waals surface area contributed by atoms with Gasteiger partial charge in [-0.2, -0.15) is 9.97 Å². The third-order valence-corrected chi connectivity index (χ3v) is 2.49. The molecular formula is C8H9FIN3O3. The van der Waals surface area contributed by atoms with Crippen molar-refractivity contribution in [3.63, 3.8) is 0 Å². The van der Waals surface area contributed by atoms with Crippen LogP contribution in [0.5, 0.6) is 6.01 Å². The first kappa shape index (κ1) is 13.0. The number of carboxylic acids is 1. The van der Waals surface area contributed by atoms with Crippen molar-refractivity contribution in [2.45, 2.75) is 12.5 Å². The number of carboxylic acid groups (broad SMARTS) is 1. The molecule has 1 aromatic rings. The molecule has 8 heteroatoms. The average molecular weight is 341 g/mol. The summed E-state index contributed by atoms with van der Waals surface area (Å²) in [6.45, 7) is 0. The van der Waals surface area contributed by atoms with Gasteiger partial charge < -0.3 is 15.6 Å². The zero-order valence-electron chi connectivity index (χ0n) is 8.28. The number of methoxy groups -OCH3 is 1. The lowest BCUT2D eigenvalue weighted by atomic mass is 10.1. The Bertz CT molecular complexity index is 416. The molecular weight excluding hydrogens is 332 g/mol. The summed E-state index contributed by atoms with van der Waals surface area (Å²) in [6, 6.07) is -1.22. The minimum Gasteiger partial charge on any atom is -0.480 e. The summed E-state index contributed by atoms with van der Waals surface area (Å²) in [7, 11) is 1.34. The molecule has 6 nitrogen and oxygen atoms in total. The van der Waals surface area contributed by atoms with Gasteiger partial charge in [0.1, 0.15) is 9.74 Å². The Kier molecular flexibility index (Phi) is 4.35. The molecule has 1 unspecified atom stereocenters. The summed E-state index contributed by atoms with van der Waals surface area (Å²) in [4.78, 5) is 17.9. The van der Waals surface area contributed by atoms with E-state index in [-0.39, 0.29) is 21.8 Å². The maximum Gasteiger partial charge on any atom is 0.320 e. The van der Waals surface area contributed by atoms with Crippen LogP contribution in [0.3, 0.4) is 0 Å². The quantitative estimate of drug-likeness (QED) is 0.599. The normalized spacial score (nSPS) is 12.2. The molecule has 1 heterocycles. The lowest BCUT2D eigenvalue weighted by Crippen LogP contribution is -2.33. The van der Waals surface area contributed by atoms with E-state index in [4.69, 9.17) is 15.6 Å². The van der Waals surface area contributed by atoms with E-state index in [1.807, 2.05) is 0 Å². The standard InChI is InChI=1S/C8H9FIN3O3/c1-16-8-12-4(2-3(11)7(14)15)5(9)6(10)13-8/h3H,2,11H2,1H3,(H,14,15). The average Bonchev–Trinajstić information content (AvgIpc) is 2.24. The van der Waals surface area contributed by atoms with E-state index < -0.39 is 17.8 Å². The number of aromatic nitrogens is 2. The smallest absolute Gasteiger partial charge is 0.320 e. The molecule has 0 amide bonds. The molecule has 0 fully saturated rings. The Morgan fingerprint density at radius 2 is 2.31 bits per heavy atom. The lowest BCUT2D eigenvalue weighted by Gasteiger charge is -2.08. The highest BCUT2D eigenvalue weighted by Crippen LogP contribution is 2.16. The number of halogens is 2. The van der Waals surface area contributed by atoms with Gasteiger partial charge in [0.05, 0.1) is 12.8 Å². The van der Waals surface area contributed by atoms with Crippen LogP contribution in [-0.4, -0.2) is 34.2 Å². The summed E-state index contributed by atoms with van der Waals surface area (Å²) in [6.07, 6.45) is -0.212. The van der Waals surface area contributed by atoms with Crippen molar-refractivity contribution in [2.24, 2.45) is 5.73 Å². The molecule has 16 heavy (non-hydrogen) atoms. The molecule has 1 aromatic heterocycles. The van der Waals surface area contributed by atoms with Crippen LogP contribution in [0.1, 0.15) is 5.69 Å². The fourth-order valence-corrected chi connectivity index (χ4v) is 1.48. The Morgan fingerprint density at radius 3 is 2.81 bits per heavy atom. The summed E-state index contributed by atoms with van der Waals surface area (Å²) >= 11 is 1.67. The van der Waals surface area contributed by atoms with E-state index >= 15 is 0 Å². The molecule has 1 atom stereocenters. The van der Waals surface area contributed by atoms with Gasteiger partial charge in [-0.3, -0.25) is 4.79 Å². The highest BCUT2D eigenvalue weighted by molar-refractivity contribution is 14.1. The van der Waals surface area contributed by atoms with Crippen LogP contribution in [0.15, 0.2) is 0 Å². The molecule has 0 aromatic carbocycles. The van der Waals surface area contributed by atoms with Gasteiger partial charge in [-0.1, -0.05) is 0 Å². The minimum atomic E-state index is -1.22. The highest BCUT2D eigenvalue weighted by Gasteiger charge is 2.19. The minimum absolute atomic E-state index is 0.0154. The third-order valence-electron chi connectivity index (χ3n) is 1.77. The first-order valence-corrected chi connectivity index (χ1v) is 5.28. The largest absolute Gasteiger partial charge is 0.480 e. The fourth-order valence-electron chi connectivity index (χ4n) is 0.964. The van der Waals surface area contributed by atoms with Crippen molar-refractivity contribution in [1.82, 2.24) is 9.97 Å². The number of carbonyl (C=O) groups is 1. The van der Waals surface area contributed by atoms with Crippen LogP contribution in [0.2, 0.25) is 0 Å². The fraction of sp³-hybridized carbons (Fsp3) is 0.375. The monoisotopic (exact) mass is 341 g/mol. The summed E-state index contributed by atoms with van der Waals surface area (Å²) < 4.78 is 18.3. The maximum atomic E-state index is 13.5. The topological polar surface area (TPSA) is 98.3 Å². The molecule has 0 aliphatic rings. The van der Waals surface area contributed by atoms with E-state index in [0.29, 0.717) is 0 Å². The molecule has 0 saturated carbocycles. The number of nitrogens with two attached hydrogens (primary N) is 1. The van der Waals surface area contributed by atoms with Gasteiger partial charge >= 0.3 is 12.0 Å². The van der Waals surface area contributed by atoms with E-state index in [1.54, 1.807) is 22.6 Å². The first-order chi connectivity index (χ1) is 7.45. The number of hydrogen-bond donors (Lipinski definition) is 2. The van der Waals surface area contributed by atoms with Crippen molar-refractivity contribution < 1.29 is 19.0 Å². The third kappa shape index (κ3) is 2.98. The second kappa shape index (κ2) is 5.34. The highest BCUT2D eigenvalue weighted by atomic mass is 127. The van der Waals surface area contributed by atoms with Crippen LogP contribution >= 0.6 is 22.6 Å². The van der Waals surface area contributed by atoms with Crippen molar-refractivity contribution in [1.29, 1.82) is 0 Å². The van der Waals surface area contributed by atoms with Gasteiger partial charge in [0.15, 0.2) is 5.82 Å². The molecule has 1 rings (SSSR count). The van der Waals surface area contributed by atoms with Gasteiger partial charge in [-0.15, -0.1) is 0 Å². The van der Waals surface area contributed by atoms with Crippen molar-refractivity contribution in [3.8, 4) is 6.01 Å². The lowest BCUT2D eigenvalue weighted by molar-refractivity contribution is -0.138. The number of hydrogen-bond acceptors (Lipinski definition) is 5. The summed E-state index contributed by atoms with van der Waals surface area (Å²) in [5.41, 5.74) is 5.23. The Labute approximate surface area is 104 Å². The first-order valence-electron chi connectivity index (χ1n) is 4.20. The second-order valence-electron chi connectivity index (χ2n) is 2.91. The van der Waals surface area contributed by atoms with Crippen molar-refractivity contribution in [2.75, 3.05) is 7.11 Å². The number of rotatable bonds is 4. The van der Waals surface area contributed by atoms with E-state index in [9.17, 15) is 9.18 Å². The molecule has 0 spiro atoms. The van der Waals surface area contributed by atoms with Crippen LogP contribution in [0.4, 0.5) is 4.39 Å². The molecule has 88 valence electrons. The molecule has 0 bridgehead atoms. The zero-order valence-corrected chi connectivity index (χ0v) is 10.4.